The lowest BCUT2D eigenvalue weighted by Crippen LogP contribution is -2.11. The summed E-state index contributed by atoms with van der Waals surface area (Å²) in [5.74, 6) is -0.235. The highest BCUT2D eigenvalue weighted by atomic mass is 16.5. The van der Waals surface area contributed by atoms with Crippen molar-refractivity contribution >= 4 is 17.3 Å². The number of carbonyl (C=O) groups excluding carboxylic acids is 1. The number of esters is 1. The van der Waals surface area contributed by atoms with Crippen molar-refractivity contribution in [2.45, 2.75) is 13.3 Å². The summed E-state index contributed by atoms with van der Waals surface area (Å²) >= 11 is 0. The number of hydrogen-bond donors (Lipinski definition) is 2. The number of nitrogen functional groups attached to an aromatic ring is 1. The summed E-state index contributed by atoms with van der Waals surface area (Å²) in [6.07, 6.45) is 0.299. The number of benzene rings is 1. The van der Waals surface area contributed by atoms with Gasteiger partial charge in [0.15, 0.2) is 0 Å². The lowest BCUT2D eigenvalue weighted by molar-refractivity contribution is -0.142. The molecule has 0 aliphatic carbocycles. The molecule has 1 aromatic carbocycles. The summed E-state index contributed by atoms with van der Waals surface area (Å²) in [7, 11) is 0. The van der Waals surface area contributed by atoms with Gasteiger partial charge in [-0.2, -0.15) is 5.26 Å². The van der Waals surface area contributed by atoms with Gasteiger partial charge in [-0.05, 0) is 25.1 Å². The summed E-state index contributed by atoms with van der Waals surface area (Å²) in [5.41, 5.74) is 7.31. The Balaban J connectivity index is 2.45. The Morgan fingerprint density at radius 3 is 2.94 bits per heavy atom. The van der Waals surface area contributed by atoms with Gasteiger partial charge in [-0.25, -0.2) is 0 Å². The van der Waals surface area contributed by atoms with Crippen LogP contribution in [0.3, 0.4) is 0 Å². The quantitative estimate of drug-likeness (QED) is 0.594. The average molecular weight is 233 g/mol. The Morgan fingerprint density at radius 2 is 2.35 bits per heavy atom. The largest absolute Gasteiger partial charge is 0.466 e. The van der Waals surface area contributed by atoms with E-state index >= 15 is 0 Å². The molecule has 0 aliphatic rings. The van der Waals surface area contributed by atoms with Crippen LogP contribution in [0.1, 0.15) is 18.9 Å². The lowest BCUT2D eigenvalue weighted by Gasteiger charge is -2.07. The molecule has 0 atom stereocenters. The number of carbonyl (C=O) groups is 1. The molecule has 0 bridgehead atoms. The van der Waals surface area contributed by atoms with Crippen molar-refractivity contribution in [2.75, 3.05) is 24.2 Å². The third-order valence-electron chi connectivity index (χ3n) is 2.14. The molecule has 1 aromatic rings. The lowest BCUT2D eigenvalue weighted by atomic mass is 10.2. The van der Waals surface area contributed by atoms with E-state index in [4.69, 9.17) is 15.7 Å². The molecule has 0 unspecified atom stereocenters. The molecule has 1 rings (SSSR count). The first kappa shape index (κ1) is 12.8. The van der Waals surface area contributed by atoms with Crippen LogP contribution in [0.25, 0.3) is 0 Å². The number of rotatable bonds is 5. The van der Waals surface area contributed by atoms with E-state index in [2.05, 4.69) is 5.32 Å². The number of nitrogens with one attached hydrogen (secondary N) is 1. The Kier molecular flexibility index (Phi) is 4.82. The highest BCUT2D eigenvalue weighted by Crippen LogP contribution is 2.16. The molecular weight excluding hydrogens is 218 g/mol. The Bertz CT molecular complexity index is 438. The van der Waals surface area contributed by atoms with Crippen LogP contribution in [0.15, 0.2) is 18.2 Å². The molecule has 0 radical (unpaired) electrons. The van der Waals surface area contributed by atoms with Crippen molar-refractivity contribution in [3.63, 3.8) is 0 Å². The SMILES string of the molecule is CCOC(=O)CCNc1ccc(C#N)c(N)c1. The van der Waals surface area contributed by atoms with E-state index in [1.807, 2.05) is 6.07 Å². The van der Waals surface area contributed by atoms with Crippen LogP contribution in [0.2, 0.25) is 0 Å². The molecule has 5 heteroatoms. The van der Waals surface area contributed by atoms with E-state index in [1.54, 1.807) is 25.1 Å². The predicted octanol–water partition coefficient (Wildman–Crippen LogP) is 1.51. The Morgan fingerprint density at radius 1 is 1.59 bits per heavy atom. The van der Waals surface area contributed by atoms with E-state index in [1.165, 1.54) is 0 Å². The third-order valence-corrected chi connectivity index (χ3v) is 2.14. The van der Waals surface area contributed by atoms with Crippen molar-refractivity contribution in [3.8, 4) is 6.07 Å². The minimum Gasteiger partial charge on any atom is -0.466 e. The molecule has 5 nitrogen and oxygen atoms in total. The van der Waals surface area contributed by atoms with Crippen LogP contribution in [-0.4, -0.2) is 19.1 Å². The van der Waals surface area contributed by atoms with Gasteiger partial charge in [0, 0.05) is 12.2 Å². The number of nitriles is 1. The number of nitrogens with zero attached hydrogens (tertiary/aromatic N) is 1. The predicted molar refractivity (Wildman–Crippen MR) is 65.3 cm³/mol. The minimum atomic E-state index is -0.235. The second kappa shape index (κ2) is 6.38. The van der Waals surface area contributed by atoms with E-state index < -0.39 is 0 Å². The molecule has 0 aliphatic heterocycles. The van der Waals surface area contributed by atoms with Gasteiger partial charge in [-0.15, -0.1) is 0 Å². The van der Waals surface area contributed by atoms with Crippen molar-refractivity contribution in [1.29, 1.82) is 5.26 Å². The standard InChI is InChI=1S/C12H15N3O2/c1-2-17-12(16)5-6-15-10-4-3-9(8-13)11(14)7-10/h3-4,7,15H,2,5-6,14H2,1H3. The number of anilines is 2. The van der Waals surface area contributed by atoms with Gasteiger partial charge in [0.25, 0.3) is 0 Å². The first-order valence-corrected chi connectivity index (χ1v) is 5.36. The molecule has 0 spiro atoms. The zero-order chi connectivity index (χ0) is 12.7. The van der Waals surface area contributed by atoms with Crippen LogP contribution in [0, 0.1) is 11.3 Å². The molecule has 0 saturated heterocycles. The third kappa shape index (κ3) is 4.03. The van der Waals surface area contributed by atoms with Crippen molar-refractivity contribution in [3.05, 3.63) is 23.8 Å². The number of nitrogens with two attached hydrogens (primary N) is 1. The Labute approximate surface area is 100 Å². The summed E-state index contributed by atoms with van der Waals surface area (Å²) in [6.45, 7) is 2.64. The van der Waals surface area contributed by atoms with Gasteiger partial charge in [-0.3, -0.25) is 4.79 Å². The van der Waals surface area contributed by atoms with Gasteiger partial charge < -0.3 is 15.8 Å². The van der Waals surface area contributed by atoms with Crippen LogP contribution in [0.5, 0.6) is 0 Å². The fraction of sp³-hybridized carbons (Fsp3) is 0.333. The Hall–Kier alpha value is -2.22. The summed E-state index contributed by atoms with van der Waals surface area (Å²) in [4.78, 5) is 11.1. The zero-order valence-corrected chi connectivity index (χ0v) is 9.69. The van der Waals surface area contributed by atoms with E-state index in [0.717, 1.165) is 5.69 Å². The first-order valence-electron chi connectivity index (χ1n) is 5.36. The second-order valence-electron chi connectivity index (χ2n) is 3.40. The summed E-state index contributed by atoms with van der Waals surface area (Å²) in [6, 6.07) is 7.05. The topological polar surface area (TPSA) is 88.1 Å². The molecule has 0 aromatic heterocycles. The molecule has 0 saturated carbocycles. The normalized spacial score (nSPS) is 9.41. The smallest absolute Gasteiger partial charge is 0.307 e. The van der Waals surface area contributed by atoms with Crippen molar-refractivity contribution in [1.82, 2.24) is 0 Å². The van der Waals surface area contributed by atoms with E-state index in [0.29, 0.717) is 30.8 Å². The summed E-state index contributed by atoms with van der Waals surface area (Å²) < 4.78 is 4.79. The molecule has 17 heavy (non-hydrogen) atoms. The van der Waals surface area contributed by atoms with Crippen LogP contribution in [-0.2, 0) is 9.53 Å². The van der Waals surface area contributed by atoms with Gasteiger partial charge >= 0.3 is 5.97 Å². The molecular formula is C12H15N3O2. The number of hydrogen-bond acceptors (Lipinski definition) is 5. The summed E-state index contributed by atoms with van der Waals surface area (Å²) in [5, 5.41) is 11.7. The fourth-order valence-electron chi connectivity index (χ4n) is 1.32. The monoisotopic (exact) mass is 233 g/mol. The first-order chi connectivity index (χ1) is 8.17. The van der Waals surface area contributed by atoms with Gasteiger partial charge in [0.1, 0.15) is 6.07 Å². The van der Waals surface area contributed by atoms with Crippen LogP contribution in [0.4, 0.5) is 11.4 Å². The maximum atomic E-state index is 11.1. The van der Waals surface area contributed by atoms with Crippen LogP contribution < -0.4 is 11.1 Å². The zero-order valence-electron chi connectivity index (χ0n) is 9.69. The highest BCUT2D eigenvalue weighted by molar-refractivity contribution is 5.70. The van der Waals surface area contributed by atoms with Crippen molar-refractivity contribution < 1.29 is 9.53 Å². The molecule has 0 fully saturated rings. The van der Waals surface area contributed by atoms with Crippen molar-refractivity contribution in [2.24, 2.45) is 0 Å². The van der Waals surface area contributed by atoms with E-state index in [9.17, 15) is 4.79 Å². The van der Waals surface area contributed by atoms with Gasteiger partial charge in [0.2, 0.25) is 0 Å². The maximum absolute atomic E-state index is 11.1. The maximum Gasteiger partial charge on any atom is 0.307 e. The van der Waals surface area contributed by atoms with Gasteiger partial charge in [-0.1, -0.05) is 0 Å². The highest BCUT2D eigenvalue weighted by Gasteiger charge is 2.02. The minimum absolute atomic E-state index is 0.235. The molecule has 0 amide bonds. The molecule has 3 N–H and O–H groups in total. The molecule has 90 valence electrons. The molecule has 0 heterocycles. The van der Waals surface area contributed by atoms with E-state index in [-0.39, 0.29) is 5.97 Å². The average Bonchev–Trinajstić information content (AvgIpc) is 2.29. The van der Waals surface area contributed by atoms with Crippen LogP contribution >= 0.6 is 0 Å². The fourth-order valence-corrected chi connectivity index (χ4v) is 1.32. The number of ether oxygens (including phenoxy) is 1. The second-order valence-corrected chi connectivity index (χ2v) is 3.40. The van der Waals surface area contributed by atoms with Gasteiger partial charge in [0.05, 0.1) is 24.3 Å².